The number of Topliss-reactive ketones (excluding diaryl/α,β-unsaturated/α-hetero) is 1. The van der Waals surface area contributed by atoms with E-state index < -0.39 is 5.54 Å². The molecule has 1 aliphatic rings. The van der Waals surface area contributed by atoms with E-state index in [-0.39, 0.29) is 17.5 Å². The van der Waals surface area contributed by atoms with Crippen molar-refractivity contribution in [3.63, 3.8) is 0 Å². The van der Waals surface area contributed by atoms with E-state index in [4.69, 9.17) is 0 Å². The SMILES string of the molecule is CNC1(C(C)=O)C[C@H]1c1ccccc1F. The van der Waals surface area contributed by atoms with Crippen LogP contribution in [-0.2, 0) is 4.79 Å². The molecule has 0 saturated heterocycles. The van der Waals surface area contributed by atoms with Crippen LogP contribution in [-0.4, -0.2) is 18.4 Å². The summed E-state index contributed by atoms with van der Waals surface area (Å²) >= 11 is 0. The molecule has 0 amide bonds. The highest BCUT2D eigenvalue weighted by Crippen LogP contribution is 2.52. The Morgan fingerprint density at radius 2 is 2.20 bits per heavy atom. The average molecular weight is 207 g/mol. The van der Waals surface area contributed by atoms with Crippen LogP contribution < -0.4 is 5.32 Å². The summed E-state index contributed by atoms with van der Waals surface area (Å²) in [4.78, 5) is 11.5. The van der Waals surface area contributed by atoms with Gasteiger partial charge < -0.3 is 5.32 Å². The smallest absolute Gasteiger partial charge is 0.150 e. The molecule has 0 heterocycles. The highest BCUT2D eigenvalue weighted by molar-refractivity contribution is 5.91. The number of rotatable bonds is 3. The number of likely N-dealkylation sites (N-methyl/N-ethyl adjacent to an activating group) is 1. The van der Waals surface area contributed by atoms with Crippen LogP contribution in [0.1, 0.15) is 24.8 Å². The normalized spacial score (nSPS) is 28.9. The lowest BCUT2D eigenvalue weighted by molar-refractivity contribution is -0.119. The molecule has 1 saturated carbocycles. The second kappa shape index (κ2) is 3.42. The molecule has 1 aromatic carbocycles. The molecular formula is C12H14FNO. The van der Waals surface area contributed by atoms with Crippen LogP contribution in [0.2, 0.25) is 0 Å². The number of carbonyl (C=O) groups is 1. The van der Waals surface area contributed by atoms with Crippen LogP contribution in [0, 0.1) is 5.82 Å². The molecule has 0 aromatic heterocycles. The molecule has 2 rings (SSSR count). The van der Waals surface area contributed by atoms with Crippen molar-refractivity contribution in [2.24, 2.45) is 0 Å². The predicted octanol–water partition coefficient (Wildman–Crippen LogP) is 1.86. The third-order valence-electron chi connectivity index (χ3n) is 3.32. The van der Waals surface area contributed by atoms with E-state index in [1.165, 1.54) is 6.07 Å². The zero-order valence-electron chi connectivity index (χ0n) is 8.88. The molecule has 2 atom stereocenters. The molecule has 1 fully saturated rings. The molecule has 1 aliphatic carbocycles. The summed E-state index contributed by atoms with van der Waals surface area (Å²) in [6, 6.07) is 6.66. The van der Waals surface area contributed by atoms with E-state index in [0.29, 0.717) is 12.0 Å². The number of benzene rings is 1. The van der Waals surface area contributed by atoms with Gasteiger partial charge >= 0.3 is 0 Å². The second-order valence-corrected chi connectivity index (χ2v) is 4.06. The van der Waals surface area contributed by atoms with Crippen LogP contribution in [0.25, 0.3) is 0 Å². The van der Waals surface area contributed by atoms with Crippen molar-refractivity contribution in [3.05, 3.63) is 35.6 Å². The molecule has 15 heavy (non-hydrogen) atoms. The summed E-state index contributed by atoms with van der Waals surface area (Å²) in [6.07, 6.45) is 0.694. The second-order valence-electron chi connectivity index (χ2n) is 4.06. The maximum absolute atomic E-state index is 13.5. The molecule has 1 aromatic rings. The lowest BCUT2D eigenvalue weighted by atomic mass is 10.0. The summed E-state index contributed by atoms with van der Waals surface area (Å²) in [6.45, 7) is 1.55. The van der Waals surface area contributed by atoms with Gasteiger partial charge in [0.2, 0.25) is 0 Å². The van der Waals surface area contributed by atoms with Crippen molar-refractivity contribution >= 4 is 5.78 Å². The number of halogens is 1. The first kappa shape index (κ1) is 10.3. The summed E-state index contributed by atoms with van der Waals surface area (Å²) in [5.74, 6) is -0.152. The van der Waals surface area contributed by atoms with Crippen LogP contribution in [0.3, 0.4) is 0 Å². The van der Waals surface area contributed by atoms with Crippen LogP contribution in [0.4, 0.5) is 4.39 Å². The van der Waals surface area contributed by atoms with Gasteiger partial charge in [-0.05, 0) is 32.0 Å². The van der Waals surface area contributed by atoms with Gasteiger partial charge in [0.05, 0.1) is 5.54 Å². The Kier molecular flexibility index (Phi) is 2.35. The maximum atomic E-state index is 13.5. The van der Waals surface area contributed by atoms with Gasteiger partial charge in [0, 0.05) is 5.92 Å². The largest absolute Gasteiger partial charge is 0.307 e. The Bertz CT molecular complexity index is 404. The number of carbonyl (C=O) groups excluding carboxylic acids is 1. The first-order chi connectivity index (χ1) is 7.12. The number of nitrogens with one attached hydrogen (secondary N) is 1. The summed E-state index contributed by atoms with van der Waals surface area (Å²) in [5, 5.41) is 3.01. The topological polar surface area (TPSA) is 29.1 Å². The Hall–Kier alpha value is -1.22. The van der Waals surface area contributed by atoms with Crippen molar-refractivity contribution in [1.29, 1.82) is 0 Å². The fourth-order valence-corrected chi connectivity index (χ4v) is 2.24. The molecule has 0 aliphatic heterocycles. The molecule has 1 N–H and O–H groups in total. The van der Waals surface area contributed by atoms with Gasteiger partial charge in [-0.15, -0.1) is 0 Å². The van der Waals surface area contributed by atoms with Crippen molar-refractivity contribution in [2.75, 3.05) is 7.05 Å². The molecule has 80 valence electrons. The van der Waals surface area contributed by atoms with E-state index >= 15 is 0 Å². The Morgan fingerprint density at radius 1 is 1.53 bits per heavy atom. The fourth-order valence-electron chi connectivity index (χ4n) is 2.24. The molecular weight excluding hydrogens is 193 g/mol. The van der Waals surface area contributed by atoms with E-state index in [2.05, 4.69) is 5.32 Å². The molecule has 0 bridgehead atoms. The van der Waals surface area contributed by atoms with E-state index in [1.54, 1.807) is 32.2 Å². The first-order valence-electron chi connectivity index (χ1n) is 5.06. The maximum Gasteiger partial charge on any atom is 0.150 e. The van der Waals surface area contributed by atoms with Crippen molar-refractivity contribution in [2.45, 2.75) is 24.8 Å². The minimum atomic E-state index is -0.526. The number of hydrogen-bond acceptors (Lipinski definition) is 2. The van der Waals surface area contributed by atoms with Gasteiger partial charge in [-0.3, -0.25) is 4.79 Å². The monoisotopic (exact) mass is 207 g/mol. The molecule has 2 nitrogen and oxygen atoms in total. The molecule has 0 radical (unpaired) electrons. The lowest BCUT2D eigenvalue weighted by Crippen LogP contribution is -2.36. The molecule has 3 heteroatoms. The van der Waals surface area contributed by atoms with Crippen LogP contribution in [0.15, 0.2) is 24.3 Å². The zero-order valence-corrected chi connectivity index (χ0v) is 8.88. The summed E-state index contributed by atoms with van der Waals surface area (Å²) < 4.78 is 13.5. The Balaban J connectivity index is 2.30. The average Bonchev–Trinajstić information content (AvgIpc) is 2.94. The highest BCUT2D eigenvalue weighted by atomic mass is 19.1. The molecule has 1 unspecified atom stereocenters. The van der Waals surface area contributed by atoms with Gasteiger partial charge in [0.25, 0.3) is 0 Å². The van der Waals surface area contributed by atoms with Gasteiger partial charge in [0.15, 0.2) is 0 Å². The summed E-state index contributed by atoms with van der Waals surface area (Å²) in [7, 11) is 1.75. The quantitative estimate of drug-likeness (QED) is 0.819. The Morgan fingerprint density at radius 3 is 2.67 bits per heavy atom. The predicted molar refractivity (Wildman–Crippen MR) is 56.2 cm³/mol. The lowest BCUT2D eigenvalue weighted by Gasteiger charge is -2.12. The van der Waals surface area contributed by atoms with E-state index in [0.717, 1.165) is 0 Å². The van der Waals surface area contributed by atoms with Crippen molar-refractivity contribution in [3.8, 4) is 0 Å². The van der Waals surface area contributed by atoms with E-state index in [9.17, 15) is 9.18 Å². The van der Waals surface area contributed by atoms with Crippen molar-refractivity contribution in [1.82, 2.24) is 5.32 Å². The number of hydrogen-bond donors (Lipinski definition) is 1. The van der Waals surface area contributed by atoms with Gasteiger partial charge in [0.1, 0.15) is 11.6 Å². The third-order valence-corrected chi connectivity index (χ3v) is 3.32. The minimum absolute atomic E-state index is 0.0128. The third kappa shape index (κ3) is 1.47. The van der Waals surface area contributed by atoms with Crippen LogP contribution >= 0.6 is 0 Å². The summed E-state index contributed by atoms with van der Waals surface area (Å²) in [5.41, 5.74) is 0.115. The van der Waals surface area contributed by atoms with Gasteiger partial charge in [-0.1, -0.05) is 18.2 Å². The van der Waals surface area contributed by atoms with Crippen LogP contribution in [0.5, 0.6) is 0 Å². The standard InChI is InChI=1S/C12H14FNO/c1-8(15)12(14-2)7-10(12)9-5-3-4-6-11(9)13/h3-6,10,14H,7H2,1-2H3/t10-,12?/m0/s1. The number of ketones is 1. The van der Waals surface area contributed by atoms with E-state index in [1.807, 2.05) is 0 Å². The van der Waals surface area contributed by atoms with Gasteiger partial charge in [-0.2, -0.15) is 0 Å². The Labute approximate surface area is 88.5 Å². The zero-order chi connectivity index (χ0) is 11.1. The van der Waals surface area contributed by atoms with Crippen molar-refractivity contribution < 1.29 is 9.18 Å². The molecule has 0 spiro atoms. The highest BCUT2D eigenvalue weighted by Gasteiger charge is 2.58. The fraction of sp³-hybridized carbons (Fsp3) is 0.417. The first-order valence-corrected chi connectivity index (χ1v) is 5.06. The minimum Gasteiger partial charge on any atom is -0.307 e. The van der Waals surface area contributed by atoms with Gasteiger partial charge in [-0.25, -0.2) is 4.39 Å².